The molecule has 0 unspecified atom stereocenters. The Morgan fingerprint density at radius 2 is 1.07 bits per heavy atom. The molecule has 296 valence electrons. The van der Waals surface area contributed by atoms with E-state index in [1.165, 1.54) is 12.2 Å². The molecule has 2 heterocycles. The highest BCUT2D eigenvalue weighted by Gasteiger charge is 2.21. The van der Waals surface area contributed by atoms with Crippen LogP contribution in [0.2, 0.25) is 0 Å². The average Bonchev–Trinajstić information content (AvgIpc) is 3.87. The quantitative estimate of drug-likeness (QED) is 0.0245. The van der Waals surface area contributed by atoms with Crippen LogP contribution in [-0.2, 0) is 23.8 Å². The maximum Gasteiger partial charge on any atom is 0.338 e. The standard InChI is InChI=1S/C46H52O10/c1-4-7-12-29-54-46(49)35-30-33(42-31-36-38(19-17-21-40(36)55-42)50-25-13-8-10-15-27-52-44(47)5-2)23-24-34(35)43-32-37-39(20-18-22-41(37)56-43)51-26-14-9-11-16-28-53-45(48)6-3/h5-6,17-24,30-32H,2-4,7-16,25-29H2,1H3. The van der Waals surface area contributed by atoms with Crippen molar-refractivity contribution >= 4 is 39.8 Å². The van der Waals surface area contributed by atoms with Crippen LogP contribution in [0.25, 0.3) is 44.6 Å². The predicted octanol–water partition coefficient (Wildman–Crippen LogP) is 11.2. The van der Waals surface area contributed by atoms with Crippen molar-refractivity contribution in [1.29, 1.82) is 0 Å². The molecule has 56 heavy (non-hydrogen) atoms. The molecule has 2 aromatic heterocycles. The number of hydrogen-bond donors (Lipinski definition) is 0. The van der Waals surface area contributed by atoms with Crippen molar-refractivity contribution in [3.8, 4) is 34.1 Å². The van der Waals surface area contributed by atoms with E-state index >= 15 is 0 Å². The molecule has 10 nitrogen and oxygen atoms in total. The summed E-state index contributed by atoms with van der Waals surface area (Å²) in [5, 5.41) is 1.65. The Morgan fingerprint density at radius 1 is 0.571 bits per heavy atom. The summed E-state index contributed by atoms with van der Waals surface area (Å²) in [6.45, 7) is 11.1. The monoisotopic (exact) mass is 764 g/mol. The van der Waals surface area contributed by atoms with Gasteiger partial charge in [-0.1, -0.05) is 51.1 Å². The Hall–Kier alpha value is -5.77. The maximum atomic E-state index is 13.7. The van der Waals surface area contributed by atoms with Crippen molar-refractivity contribution in [2.75, 3.05) is 33.0 Å². The van der Waals surface area contributed by atoms with Crippen LogP contribution < -0.4 is 9.47 Å². The Balaban J connectivity index is 1.29. The summed E-state index contributed by atoms with van der Waals surface area (Å²) in [6, 6.07) is 20.8. The van der Waals surface area contributed by atoms with E-state index in [2.05, 4.69) is 20.1 Å². The minimum absolute atomic E-state index is 0.322. The van der Waals surface area contributed by atoms with E-state index in [0.717, 1.165) is 87.2 Å². The van der Waals surface area contributed by atoms with E-state index < -0.39 is 17.9 Å². The van der Waals surface area contributed by atoms with Crippen LogP contribution in [0.3, 0.4) is 0 Å². The van der Waals surface area contributed by atoms with Gasteiger partial charge in [0, 0.05) is 23.3 Å². The second-order valence-corrected chi connectivity index (χ2v) is 13.4. The molecule has 0 N–H and O–H groups in total. The summed E-state index contributed by atoms with van der Waals surface area (Å²) >= 11 is 0. The Labute approximate surface area is 328 Å². The summed E-state index contributed by atoms with van der Waals surface area (Å²) in [7, 11) is 0. The number of furan rings is 2. The van der Waals surface area contributed by atoms with Crippen LogP contribution >= 0.6 is 0 Å². The number of hydrogen-bond acceptors (Lipinski definition) is 10. The van der Waals surface area contributed by atoms with Gasteiger partial charge in [-0.25, -0.2) is 14.4 Å². The highest BCUT2D eigenvalue weighted by molar-refractivity contribution is 6.00. The lowest BCUT2D eigenvalue weighted by Gasteiger charge is -2.10. The fourth-order valence-corrected chi connectivity index (χ4v) is 6.21. The molecule has 5 aromatic rings. The molecule has 10 heteroatoms. The van der Waals surface area contributed by atoms with Gasteiger partial charge in [0.1, 0.15) is 34.2 Å². The van der Waals surface area contributed by atoms with Crippen LogP contribution in [0, 0.1) is 0 Å². The summed E-state index contributed by atoms with van der Waals surface area (Å²) in [4.78, 5) is 36.1. The van der Waals surface area contributed by atoms with Gasteiger partial charge in [0.15, 0.2) is 0 Å². The third kappa shape index (κ3) is 11.9. The number of rotatable bonds is 25. The van der Waals surface area contributed by atoms with Gasteiger partial charge in [0.25, 0.3) is 0 Å². The molecule has 0 saturated carbocycles. The molecular formula is C46H52O10. The first-order valence-corrected chi connectivity index (χ1v) is 19.6. The van der Waals surface area contributed by atoms with Crippen molar-refractivity contribution < 1.29 is 46.9 Å². The van der Waals surface area contributed by atoms with Crippen LogP contribution in [0.5, 0.6) is 11.5 Å². The summed E-state index contributed by atoms with van der Waals surface area (Å²) in [5.41, 5.74) is 3.01. The molecule has 0 radical (unpaired) electrons. The fraction of sp³-hybridized carbons (Fsp3) is 0.370. The van der Waals surface area contributed by atoms with Crippen LogP contribution in [0.1, 0.15) is 87.9 Å². The number of fused-ring (bicyclic) bond motifs is 2. The largest absolute Gasteiger partial charge is 0.493 e. The van der Waals surface area contributed by atoms with E-state index in [9.17, 15) is 14.4 Å². The highest BCUT2D eigenvalue weighted by atomic mass is 16.5. The predicted molar refractivity (Wildman–Crippen MR) is 217 cm³/mol. The number of carbonyl (C=O) groups is 3. The van der Waals surface area contributed by atoms with Crippen LogP contribution in [0.4, 0.5) is 0 Å². The maximum absolute atomic E-state index is 13.7. The molecule has 0 saturated heterocycles. The first-order chi connectivity index (χ1) is 27.4. The molecular weight excluding hydrogens is 712 g/mol. The van der Waals surface area contributed by atoms with E-state index in [-0.39, 0.29) is 0 Å². The summed E-state index contributed by atoms with van der Waals surface area (Å²) in [6.07, 6.45) is 12.1. The smallest absolute Gasteiger partial charge is 0.338 e. The number of benzene rings is 3. The molecule has 0 atom stereocenters. The third-order valence-electron chi connectivity index (χ3n) is 9.23. The minimum Gasteiger partial charge on any atom is -0.493 e. The Kier molecular flexibility index (Phi) is 16.2. The van der Waals surface area contributed by atoms with E-state index in [4.69, 9.17) is 32.5 Å². The van der Waals surface area contributed by atoms with Gasteiger partial charge in [-0.3, -0.25) is 0 Å². The van der Waals surface area contributed by atoms with E-state index in [0.29, 0.717) is 78.2 Å². The molecule has 0 fully saturated rings. The Morgan fingerprint density at radius 3 is 1.62 bits per heavy atom. The first-order valence-electron chi connectivity index (χ1n) is 19.6. The van der Waals surface area contributed by atoms with Gasteiger partial charge >= 0.3 is 17.9 Å². The molecule has 0 amide bonds. The zero-order valence-electron chi connectivity index (χ0n) is 32.3. The van der Waals surface area contributed by atoms with Crippen LogP contribution in [0.15, 0.2) is 101 Å². The van der Waals surface area contributed by atoms with Gasteiger partial charge in [0.05, 0.1) is 49.4 Å². The van der Waals surface area contributed by atoms with Gasteiger partial charge in [0.2, 0.25) is 0 Å². The second kappa shape index (κ2) is 21.9. The Bertz CT molecular complexity index is 2070. The SMILES string of the molecule is C=CC(=O)OCCCCCCOc1cccc2oc(-c3ccc(-c4cc5c(OCCCCCCOC(=O)C=C)cccc5o4)c(C(=O)OCCCCC)c3)cc12. The summed E-state index contributed by atoms with van der Waals surface area (Å²) in [5.74, 6) is 1.30. The van der Waals surface area contributed by atoms with Crippen molar-refractivity contribution in [2.24, 2.45) is 0 Å². The number of carbonyl (C=O) groups excluding carboxylic acids is 3. The lowest BCUT2D eigenvalue weighted by atomic mass is 10.00. The van der Waals surface area contributed by atoms with Crippen LogP contribution in [-0.4, -0.2) is 50.9 Å². The normalized spacial score (nSPS) is 11.0. The zero-order chi connectivity index (χ0) is 39.5. The lowest BCUT2D eigenvalue weighted by molar-refractivity contribution is -0.138. The van der Waals surface area contributed by atoms with Crippen molar-refractivity contribution in [3.63, 3.8) is 0 Å². The summed E-state index contributed by atoms with van der Waals surface area (Å²) < 4.78 is 40.8. The van der Waals surface area contributed by atoms with Crippen molar-refractivity contribution in [2.45, 2.75) is 77.6 Å². The van der Waals surface area contributed by atoms with Crippen molar-refractivity contribution in [3.05, 3.63) is 97.6 Å². The second-order valence-electron chi connectivity index (χ2n) is 13.4. The van der Waals surface area contributed by atoms with Gasteiger partial charge in [-0.2, -0.15) is 0 Å². The number of esters is 3. The minimum atomic E-state index is -0.437. The molecule has 0 bridgehead atoms. The fourth-order valence-electron chi connectivity index (χ4n) is 6.21. The lowest BCUT2D eigenvalue weighted by Crippen LogP contribution is -2.08. The van der Waals surface area contributed by atoms with Gasteiger partial charge in [-0.15, -0.1) is 0 Å². The first kappa shape index (κ1) is 41.4. The highest BCUT2D eigenvalue weighted by Crippen LogP contribution is 2.39. The molecule has 0 aliphatic carbocycles. The zero-order valence-corrected chi connectivity index (χ0v) is 32.3. The number of unbranched alkanes of at least 4 members (excludes halogenated alkanes) is 8. The molecule has 0 aliphatic heterocycles. The molecule has 0 spiro atoms. The van der Waals surface area contributed by atoms with E-state index in [1.807, 2.05) is 60.7 Å². The average molecular weight is 765 g/mol. The molecule has 3 aromatic carbocycles. The number of ether oxygens (including phenoxy) is 5. The van der Waals surface area contributed by atoms with E-state index in [1.54, 1.807) is 6.07 Å². The van der Waals surface area contributed by atoms with Gasteiger partial charge in [-0.05, 0) is 106 Å². The van der Waals surface area contributed by atoms with Gasteiger partial charge < -0.3 is 32.5 Å². The third-order valence-corrected chi connectivity index (χ3v) is 9.23. The topological polar surface area (TPSA) is 124 Å². The molecule has 5 rings (SSSR count). The molecule has 0 aliphatic rings. The van der Waals surface area contributed by atoms with Crippen molar-refractivity contribution in [1.82, 2.24) is 0 Å².